The van der Waals surface area contributed by atoms with Crippen molar-refractivity contribution >= 4 is 17.5 Å². The van der Waals surface area contributed by atoms with Crippen LogP contribution in [0, 0.1) is 0 Å². The van der Waals surface area contributed by atoms with Crippen LogP contribution in [0.15, 0.2) is 84.0 Å². The second-order valence-corrected chi connectivity index (χ2v) is 9.74. The highest BCUT2D eigenvalue weighted by atomic mass is 32.2. The van der Waals surface area contributed by atoms with Gasteiger partial charge in [-0.3, -0.25) is 4.79 Å². The van der Waals surface area contributed by atoms with Gasteiger partial charge in [-0.05, 0) is 49.6 Å². The normalized spacial score (nSPS) is 14.7. The number of H-pyrrole nitrogens is 1. The average molecular weight is 485 g/mol. The molecule has 35 heavy (non-hydrogen) atoms. The molecule has 0 fully saturated rings. The van der Waals surface area contributed by atoms with Gasteiger partial charge in [0.2, 0.25) is 0 Å². The Labute approximate surface area is 209 Å². The minimum absolute atomic E-state index is 0.207. The van der Waals surface area contributed by atoms with Gasteiger partial charge in [-0.25, -0.2) is 4.98 Å². The highest BCUT2D eigenvalue weighted by Gasteiger charge is 2.35. The van der Waals surface area contributed by atoms with Crippen molar-refractivity contribution in [3.8, 4) is 11.5 Å². The molecule has 5 nitrogen and oxygen atoms in total. The van der Waals surface area contributed by atoms with Crippen molar-refractivity contribution in [2.45, 2.75) is 42.4 Å². The molecule has 0 bridgehead atoms. The first-order chi connectivity index (χ1) is 17.1. The predicted molar refractivity (Wildman–Crippen MR) is 138 cm³/mol. The number of aromatic nitrogens is 2. The Morgan fingerprint density at radius 2 is 1.80 bits per heavy atom. The molecule has 0 saturated carbocycles. The number of ketones is 1. The first-order valence-corrected chi connectivity index (χ1v) is 12.8. The molecule has 0 radical (unpaired) electrons. The number of fused-ring (bicyclic) bond motifs is 1. The lowest BCUT2D eigenvalue weighted by atomic mass is 9.87. The SMILES string of the molecule is COc1ccccc1SCc1c(O[C@@](C)(c2ccccc2)c2ncc[nH]2)ccc2c1CCCC2=O. The summed E-state index contributed by atoms with van der Waals surface area (Å²) in [5.41, 5.74) is 3.13. The summed E-state index contributed by atoms with van der Waals surface area (Å²) in [7, 11) is 1.69. The molecule has 1 N–H and O–H groups in total. The number of thioether (sulfide) groups is 1. The third kappa shape index (κ3) is 4.58. The standard InChI is InChI=1S/C29H28N2O3S/c1-29(28-30-17-18-31-28,20-9-4-3-5-10-20)34-25-16-15-22-21(11-8-12-24(22)32)23(25)19-35-27-14-7-6-13-26(27)33-2/h3-7,9-10,13-18H,8,11-12,19H2,1-2H3,(H,30,31)/t29-/m0/s1. The van der Waals surface area contributed by atoms with Crippen LogP contribution in [0.2, 0.25) is 0 Å². The molecule has 0 saturated heterocycles. The molecular weight excluding hydrogens is 456 g/mol. The summed E-state index contributed by atoms with van der Waals surface area (Å²) in [6.45, 7) is 2.03. The number of aromatic amines is 1. The van der Waals surface area contributed by atoms with Crippen LogP contribution >= 0.6 is 11.8 Å². The number of para-hydroxylation sites is 1. The van der Waals surface area contributed by atoms with Crippen LogP contribution in [-0.4, -0.2) is 22.9 Å². The van der Waals surface area contributed by atoms with E-state index < -0.39 is 5.60 Å². The summed E-state index contributed by atoms with van der Waals surface area (Å²) in [6, 6.07) is 22.0. The Kier molecular flexibility index (Phi) is 6.64. The van der Waals surface area contributed by atoms with Gasteiger partial charge >= 0.3 is 0 Å². The Bertz CT molecular complexity index is 1320. The van der Waals surface area contributed by atoms with E-state index in [0.29, 0.717) is 12.2 Å². The molecule has 3 aromatic carbocycles. The fourth-order valence-corrected chi connectivity index (χ4v) is 5.75. The van der Waals surface area contributed by atoms with E-state index in [-0.39, 0.29) is 5.78 Å². The number of imidazole rings is 1. The van der Waals surface area contributed by atoms with Crippen molar-refractivity contribution in [3.05, 3.63) is 107 Å². The lowest BCUT2D eigenvalue weighted by molar-refractivity contribution is 0.0971. The van der Waals surface area contributed by atoms with E-state index in [1.165, 1.54) is 0 Å². The van der Waals surface area contributed by atoms with Crippen LogP contribution in [0.5, 0.6) is 11.5 Å². The topological polar surface area (TPSA) is 64.2 Å². The lowest BCUT2D eigenvalue weighted by Gasteiger charge is -2.32. The first-order valence-electron chi connectivity index (χ1n) is 11.8. The molecule has 0 amide bonds. The van der Waals surface area contributed by atoms with Crippen molar-refractivity contribution in [3.63, 3.8) is 0 Å². The summed E-state index contributed by atoms with van der Waals surface area (Å²) < 4.78 is 12.4. The van der Waals surface area contributed by atoms with Crippen molar-refractivity contribution < 1.29 is 14.3 Å². The molecule has 1 aromatic heterocycles. The number of rotatable bonds is 8. The second kappa shape index (κ2) is 10.0. The number of benzene rings is 3. The van der Waals surface area contributed by atoms with Gasteiger partial charge in [-0.15, -0.1) is 11.8 Å². The number of hydrogen-bond donors (Lipinski definition) is 1. The van der Waals surface area contributed by atoms with Crippen molar-refractivity contribution in [2.75, 3.05) is 7.11 Å². The number of nitrogens with one attached hydrogen (secondary N) is 1. The van der Waals surface area contributed by atoms with Gasteiger partial charge < -0.3 is 14.5 Å². The van der Waals surface area contributed by atoms with Crippen LogP contribution in [-0.2, 0) is 17.8 Å². The third-order valence-electron chi connectivity index (χ3n) is 6.55. The minimum atomic E-state index is -0.832. The van der Waals surface area contributed by atoms with Crippen LogP contribution in [0.1, 0.15) is 52.6 Å². The van der Waals surface area contributed by atoms with Crippen molar-refractivity contribution in [1.29, 1.82) is 0 Å². The number of methoxy groups -OCH3 is 1. The molecule has 6 heteroatoms. The van der Waals surface area contributed by atoms with E-state index >= 15 is 0 Å². The summed E-state index contributed by atoms with van der Waals surface area (Å²) in [6.07, 6.45) is 5.87. The maximum Gasteiger partial charge on any atom is 0.188 e. The van der Waals surface area contributed by atoms with E-state index in [4.69, 9.17) is 9.47 Å². The smallest absolute Gasteiger partial charge is 0.188 e. The van der Waals surface area contributed by atoms with E-state index in [1.807, 2.05) is 73.8 Å². The quantitative estimate of drug-likeness (QED) is 0.287. The zero-order valence-corrected chi connectivity index (χ0v) is 20.7. The van der Waals surface area contributed by atoms with Crippen LogP contribution in [0.4, 0.5) is 0 Å². The Morgan fingerprint density at radius 1 is 1.00 bits per heavy atom. The van der Waals surface area contributed by atoms with Gasteiger partial charge in [0.1, 0.15) is 11.5 Å². The predicted octanol–water partition coefficient (Wildman–Crippen LogP) is 6.57. The molecule has 0 unspecified atom stereocenters. The van der Waals surface area contributed by atoms with Gasteiger partial charge in [0.05, 0.1) is 7.11 Å². The van der Waals surface area contributed by atoms with Crippen molar-refractivity contribution in [1.82, 2.24) is 9.97 Å². The fraction of sp³-hybridized carbons (Fsp3) is 0.241. The van der Waals surface area contributed by atoms with Crippen LogP contribution in [0.3, 0.4) is 0 Å². The Balaban J connectivity index is 1.58. The number of nitrogens with zero attached hydrogens (tertiary/aromatic N) is 1. The number of hydrogen-bond acceptors (Lipinski definition) is 5. The number of ether oxygens (including phenoxy) is 2. The summed E-state index contributed by atoms with van der Waals surface area (Å²) in [5, 5.41) is 0. The van der Waals surface area contributed by atoms with Crippen molar-refractivity contribution in [2.24, 2.45) is 0 Å². The van der Waals surface area contributed by atoms with Gasteiger partial charge in [-0.1, -0.05) is 42.5 Å². The zero-order chi connectivity index (χ0) is 24.3. The van der Waals surface area contributed by atoms with Gasteiger partial charge in [0.15, 0.2) is 17.2 Å². The maximum absolute atomic E-state index is 12.7. The molecule has 5 rings (SSSR count). The van der Waals surface area contributed by atoms with Gasteiger partial charge in [-0.2, -0.15) is 0 Å². The monoisotopic (exact) mass is 484 g/mol. The van der Waals surface area contributed by atoms with E-state index in [9.17, 15) is 4.79 Å². The zero-order valence-electron chi connectivity index (χ0n) is 19.9. The number of carbonyl (C=O) groups excluding carboxylic acids is 1. The van der Waals surface area contributed by atoms with Crippen LogP contribution in [0.25, 0.3) is 0 Å². The Hall–Kier alpha value is -3.51. The highest BCUT2D eigenvalue weighted by Crippen LogP contribution is 2.41. The molecule has 0 aliphatic heterocycles. The van der Waals surface area contributed by atoms with Gasteiger partial charge in [0, 0.05) is 46.2 Å². The second-order valence-electron chi connectivity index (χ2n) is 8.72. The third-order valence-corrected chi connectivity index (χ3v) is 7.63. The average Bonchev–Trinajstić information content (AvgIpc) is 3.45. The van der Waals surface area contributed by atoms with E-state index in [0.717, 1.165) is 57.3 Å². The summed E-state index contributed by atoms with van der Waals surface area (Å²) in [5.74, 6) is 3.20. The van der Waals surface area contributed by atoms with E-state index in [1.54, 1.807) is 25.1 Å². The molecule has 1 heterocycles. The number of carbonyl (C=O) groups is 1. The highest BCUT2D eigenvalue weighted by molar-refractivity contribution is 7.98. The molecule has 1 aliphatic carbocycles. The molecule has 1 atom stereocenters. The largest absolute Gasteiger partial charge is 0.496 e. The molecule has 1 aliphatic rings. The lowest BCUT2D eigenvalue weighted by Crippen LogP contribution is -2.33. The van der Waals surface area contributed by atoms with Gasteiger partial charge in [0.25, 0.3) is 0 Å². The molecule has 178 valence electrons. The molecular formula is C29H28N2O3S. The molecule has 4 aromatic rings. The Morgan fingerprint density at radius 3 is 2.57 bits per heavy atom. The maximum atomic E-state index is 12.7. The fourth-order valence-electron chi connectivity index (χ4n) is 4.67. The van der Waals surface area contributed by atoms with Crippen LogP contribution < -0.4 is 9.47 Å². The minimum Gasteiger partial charge on any atom is -0.496 e. The summed E-state index contributed by atoms with van der Waals surface area (Å²) >= 11 is 1.69. The summed E-state index contributed by atoms with van der Waals surface area (Å²) in [4.78, 5) is 21.6. The number of Topliss-reactive ketones (excluding diaryl/α,β-unsaturated/α-hetero) is 1. The molecule has 0 spiro atoms. The van der Waals surface area contributed by atoms with E-state index in [2.05, 4.69) is 16.0 Å². The first kappa shape index (κ1) is 23.2.